The molecule has 0 aliphatic heterocycles. The van der Waals surface area contributed by atoms with Gasteiger partial charge in [0.25, 0.3) is 0 Å². The van der Waals surface area contributed by atoms with Crippen molar-refractivity contribution < 1.29 is 37.1 Å². The summed E-state index contributed by atoms with van der Waals surface area (Å²) < 4.78 is 15.4. The Morgan fingerprint density at radius 3 is 2.37 bits per heavy atom. The zero-order chi connectivity index (χ0) is 19.7. The maximum Gasteiger partial charge on any atom is 3.00 e. The second-order valence-electron chi connectivity index (χ2n) is 5.82. The number of benzene rings is 1. The summed E-state index contributed by atoms with van der Waals surface area (Å²) in [4.78, 5) is 0. The molecule has 5 heteroatoms. The van der Waals surface area contributed by atoms with E-state index < -0.39 is 0 Å². The number of aromatic nitrogens is 1. The van der Waals surface area contributed by atoms with Gasteiger partial charge in [-0.1, -0.05) is 25.8 Å². The Kier molecular flexibility index (Phi) is 12.4. The molecule has 0 saturated heterocycles. The number of nitrogens with zero attached hydrogens (tertiary/aromatic N) is 1. The molecule has 0 fully saturated rings. The van der Waals surface area contributed by atoms with Crippen LogP contribution in [0.15, 0.2) is 37.1 Å². The quantitative estimate of drug-likeness (QED) is 0.486. The van der Waals surface area contributed by atoms with Crippen molar-refractivity contribution in [3.05, 3.63) is 73.5 Å². The maximum atomic E-state index is 13.4. The Morgan fingerprint density at radius 1 is 1.30 bits per heavy atom. The number of hydrogen-bond donors (Lipinski definition) is 2. The van der Waals surface area contributed by atoms with E-state index in [-0.39, 0.29) is 44.6 Å². The molecule has 1 aromatic carbocycles. The third-order valence-electron chi connectivity index (χ3n) is 4.17. The van der Waals surface area contributed by atoms with Crippen LogP contribution >= 0.6 is 0 Å². The molecule has 0 saturated carbocycles. The standard InChI is InChI=1S/C18H20FN2.C4H9N.Y/c1-6-16(9-7-12(2)20-5)21-13(3)17-10-8-15(19)11-18(17)14(21)4;1-3-5-4-2;/h6,10-11,16,20H,1-4,7,9H2,5H3;5H,1-4H2;/q-1;-2;+3. The molecule has 0 spiro atoms. The Balaban J connectivity index is 0.00000100. The van der Waals surface area contributed by atoms with Crippen LogP contribution in [-0.2, 0) is 32.7 Å². The van der Waals surface area contributed by atoms with E-state index in [2.05, 4.69) is 56.9 Å². The van der Waals surface area contributed by atoms with Crippen LogP contribution < -0.4 is 21.3 Å². The summed E-state index contributed by atoms with van der Waals surface area (Å²) in [7, 11) is 1.85. The Bertz CT molecular complexity index is 839. The molecule has 1 heterocycles. The first-order valence-corrected chi connectivity index (χ1v) is 8.57. The first kappa shape index (κ1) is 25.8. The van der Waals surface area contributed by atoms with E-state index in [1.807, 2.05) is 17.7 Å². The first-order valence-electron chi connectivity index (χ1n) is 8.57. The summed E-state index contributed by atoms with van der Waals surface area (Å²) in [5, 5.41) is 9.14. The fraction of sp³-hybridized carbons (Fsp3) is 0.273. The van der Waals surface area contributed by atoms with E-state index in [9.17, 15) is 4.39 Å². The molecule has 0 bridgehead atoms. The third-order valence-corrected chi connectivity index (χ3v) is 4.17. The molecule has 1 unspecified atom stereocenters. The smallest absolute Gasteiger partial charge is 0.392 e. The molecule has 0 radical (unpaired) electrons. The molecule has 142 valence electrons. The van der Waals surface area contributed by atoms with Crippen molar-refractivity contribution in [2.24, 2.45) is 0 Å². The molecule has 3 nitrogen and oxygen atoms in total. The largest absolute Gasteiger partial charge is 3.00 e. The van der Waals surface area contributed by atoms with Crippen molar-refractivity contribution >= 4 is 23.9 Å². The van der Waals surface area contributed by atoms with Gasteiger partial charge < -0.3 is 29.0 Å². The summed E-state index contributed by atoms with van der Waals surface area (Å²) in [5.41, 5.74) is 0.967. The normalized spacial score (nSPS) is 11.1. The molecule has 0 aliphatic rings. The number of hydrogen-bond acceptors (Lipinski definition) is 2. The first-order chi connectivity index (χ1) is 12.4. The van der Waals surface area contributed by atoms with Crippen molar-refractivity contribution in [2.45, 2.75) is 18.9 Å². The van der Waals surface area contributed by atoms with Gasteiger partial charge in [-0.15, -0.1) is 42.6 Å². The Hall–Kier alpha value is -1.23. The molecular weight excluding hydrogens is 414 g/mol. The summed E-state index contributed by atoms with van der Waals surface area (Å²) >= 11 is 0. The molecule has 2 rings (SSSR count). The summed E-state index contributed by atoms with van der Waals surface area (Å²) in [6, 6.07) is 5.70. The van der Waals surface area contributed by atoms with Gasteiger partial charge in [0.15, 0.2) is 0 Å². The van der Waals surface area contributed by atoms with Crippen LogP contribution in [-0.4, -0.2) is 24.7 Å². The van der Waals surface area contributed by atoms with E-state index in [0.29, 0.717) is 0 Å². The zero-order valence-electron chi connectivity index (χ0n) is 16.3. The minimum Gasteiger partial charge on any atom is -0.392 e. The van der Waals surface area contributed by atoms with Gasteiger partial charge in [-0.2, -0.15) is 6.07 Å². The van der Waals surface area contributed by atoms with E-state index in [0.717, 1.165) is 53.1 Å². The van der Waals surface area contributed by atoms with Crippen LogP contribution in [0.25, 0.3) is 23.9 Å². The average Bonchev–Trinajstić information content (AvgIpc) is 2.87. The summed E-state index contributed by atoms with van der Waals surface area (Å²) in [6.07, 6.45) is 3.52. The van der Waals surface area contributed by atoms with Gasteiger partial charge in [-0.25, -0.2) is 4.39 Å². The van der Waals surface area contributed by atoms with Gasteiger partial charge in [0, 0.05) is 23.9 Å². The van der Waals surface area contributed by atoms with Gasteiger partial charge in [0.1, 0.15) is 0 Å². The van der Waals surface area contributed by atoms with Crippen molar-refractivity contribution in [2.75, 3.05) is 20.1 Å². The molecule has 0 amide bonds. The monoisotopic (exact) mass is 443 g/mol. The van der Waals surface area contributed by atoms with Crippen LogP contribution in [0.1, 0.15) is 18.9 Å². The molecule has 1 aromatic heterocycles. The number of nitrogens with one attached hydrogen (secondary N) is 2. The second-order valence-corrected chi connectivity index (χ2v) is 5.82. The van der Waals surface area contributed by atoms with Crippen LogP contribution in [0.5, 0.6) is 0 Å². The number of fused-ring (bicyclic) bond motifs is 1. The topological polar surface area (TPSA) is 29.0 Å². The van der Waals surface area contributed by atoms with Gasteiger partial charge in [0.2, 0.25) is 0 Å². The fourth-order valence-corrected chi connectivity index (χ4v) is 2.69. The van der Waals surface area contributed by atoms with Crippen LogP contribution in [0, 0.1) is 25.7 Å². The number of rotatable bonds is 8. The van der Waals surface area contributed by atoms with E-state index in [4.69, 9.17) is 0 Å². The molecular formula is C22H29FN3Y. The second kappa shape index (κ2) is 13.0. The fourth-order valence-electron chi connectivity index (χ4n) is 2.69. The molecule has 2 aromatic rings. The number of allylic oxidation sites excluding steroid dienone is 2. The van der Waals surface area contributed by atoms with Gasteiger partial charge in [-0.05, 0) is 18.2 Å². The minimum absolute atomic E-state index is 0. The number of halogens is 1. The van der Waals surface area contributed by atoms with Crippen LogP contribution in [0.3, 0.4) is 0 Å². The van der Waals surface area contributed by atoms with Crippen molar-refractivity contribution in [1.29, 1.82) is 0 Å². The van der Waals surface area contributed by atoms with Gasteiger partial charge in [0.05, 0.1) is 6.04 Å². The maximum absolute atomic E-state index is 13.4. The van der Waals surface area contributed by atoms with Gasteiger partial charge in [-0.3, -0.25) is 0 Å². The van der Waals surface area contributed by atoms with Crippen molar-refractivity contribution in [3.63, 3.8) is 0 Å². The van der Waals surface area contributed by atoms with Crippen LogP contribution in [0.4, 0.5) is 4.39 Å². The minimum atomic E-state index is -0.386. The zero-order valence-corrected chi connectivity index (χ0v) is 19.1. The Morgan fingerprint density at radius 2 is 1.89 bits per heavy atom. The molecule has 2 N–H and O–H groups in total. The third kappa shape index (κ3) is 7.02. The summed E-state index contributed by atoms with van der Waals surface area (Å²) in [6.45, 7) is 24.6. The predicted molar refractivity (Wildman–Crippen MR) is 111 cm³/mol. The van der Waals surface area contributed by atoms with E-state index >= 15 is 0 Å². The molecule has 1 atom stereocenters. The Labute approximate surface area is 188 Å². The molecule has 0 aliphatic carbocycles. The van der Waals surface area contributed by atoms with E-state index in [1.165, 1.54) is 6.07 Å². The summed E-state index contributed by atoms with van der Waals surface area (Å²) in [5.74, 6) is -0.386. The molecule has 27 heavy (non-hydrogen) atoms. The van der Waals surface area contributed by atoms with Crippen molar-refractivity contribution in [1.82, 2.24) is 15.2 Å². The average molecular weight is 443 g/mol. The van der Waals surface area contributed by atoms with Crippen molar-refractivity contribution in [3.8, 4) is 0 Å². The predicted octanol–water partition coefficient (Wildman–Crippen LogP) is 2.88. The van der Waals surface area contributed by atoms with Crippen LogP contribution in [0.2, 0.25) is 0 Å². The van der Waals surface area contributed by atoms with Gasteiger partial charge >= 0.3 is 32.7 Å². The van der Waals surface area contributed by atoms with E-state index in [1.54, 1.807) is 6.07 Å². The SMILES string of the molecule is C=CC(CCC(=C)NC)n1c(=C)c2c[c-]c(F)cc2c1=C.[CH2-]CNC[CH2-].[Y+3].